The fraction of sp³-hybridized carbons (Fsp3) is 0.133. The van der Waals surface area contributed by atoms with E-state index in [4.69, 9.17) is 5.11 Å². The summed E-state index contributed by atoms with van der Waals surface area (Å²) in [7, 11) is 3.77. The molecule has 1 aromatic carbocycles. The smallest absolute Gasteiger partial charge is 0.354 e. The van der Waals surface area contributed by atoms with E-state index < -0.39 is 5.97 Å². The first-order valence-corrected chi connectivity index (χ1v) is 6.26. The zero-order valence-electron chi connectivity index (χ0n) is 11.7. The van der Waals surface area contributed by atoms with E-state index in [0.29, 0.717) is 5.56 Å². The van der Waals surface area contributed by atoms with Crippen LogP contribution < -0.4 is 10.2 Å². The zero-order chi connectivity index (χ0) is 15.4. The Kier molecular flexibility index (Phi) is 4.18. The van der Waals surface area contributed by atoms with Gasteiger partial charge in [0.05, 0.1) is 0 Å². The largest absolute Gasteiger partial charge is 0.477 e. The van der Waals surface area contributed by atoms with E-state index >= 15 is 0 Å². The first kappa shape index (κ1) is 14.5. The van der Waals surface area contributed by atoms with Gasteiger partial charge in [-0.2, -0.15) is 0 Å². The Morgan fingerprint density at radius 2 is 1.86 bits per heavy atom. The minimum absolute atomic E-state index is 0.116. The Morgan fingerprint density at radius 3 is 2.52 bits per heavy atom. The summed E-state index contributed by atoms with van der Waals surface area (Å²) < 4.78 is 0. The van der Waals surface area contributed by atoms with Crippen molar-refractivity contribution in [2.24, 2.45) is 0 Å². The molecule has 0 aliphatic carbocycles. The van der Waals surface area contributed by atoms with Crippen LogP contribution in [0.3, 0.4) is 0 Å². The molecule has 2 N–H and O–H groups in total. The third-order valence-electron chi connectivity index (χ3n) is 2.83. The van der Waals surface area contributed by atoms with Crippen LogP contribution in [0.15, 0.2) is 42.5 Å². The highest BCUT2D eigenvalue weighted by Crippen LogP contribution is 2.15. The number of pyridine rings is 1. The van der Waals surface area contributed by atoms with Gasteiger partial charge in [0.1, 0.15) is 5.82 Å². The summed E-state index contributed by atoms with van der Waals surface area (Å²) >= 11 is 0. The van der Waals surface area contributed by atoms with Gasteiger partial charge in [-0.15, -0.1) is 0 Å². The number of rotatable bonds is 4. The molecule has 0 saturated heterocycles. The first-order chi connectivity index (χ1) is 9.97. The van der Waals surface area contributed by atoms with Crippen molar-refractivity contribution in [3.8, 4) is 0 Å². The van der Waals surface area contributed by atoms with E-state index in [1.165, 1.54) is 12.1 Å². The lowest BCUT2D eigenvalue weighted by molar-refractivity contribution is 0.0690. The average molecular weight is 285 g/mol. The highest BCUT2D eigenvalue weighted by Gasteiger charge is 2.10. The lowest BCUT2D eigenvalue weighted by Gasteiger charge is -2.13. The molecule has 0 saturated carbocycles. The summed E-state index contributed by atoms with van der Waals surface area (Å²) in [6.07, 6.45) is 0. The van der Waals surface area contributed by atoms with Gasteiger partial charge < -0.3 is 15.3 Å². The van der Waals surface area contributed by atoms with Crippen LogP contribution >= 0.6 is 0 Å². The van der Waals surface area contributed by atoms with Gasteiger partial charge in [-0.1, -0.05) is 12.1 Å². The van der Waals surface area contributed by atoms with Crippen LogP contribution in [0.2, 0.25) is 0 Å². The van der Waals surface area contributed by atoms with E-state index in [1.807, 2.05) is 25.1 Å². The molecule has 0 atom stereocenters. The number of nitrogens with zero attached hydrogens (tertiary/aromatic N) is 2. The van der Waals surface area contributed by atoms with E-state index in [2.05, 4.69) is 10.3 Å². The number of hydrogen-bond donors (Lipinski definition) is 2. The number of carboxylic acid groups (broad SMARTS) is 1. The minimum atomic E-state index is -1.14. The van der Waals surface area contributed by atoms with Gasteiger partial charge in [-0.25, -0.2) is 9.78 Å². The van der Waals surface area contributed by atoms with Crippen molar-refractivity contribution >= 4 is 23.4 Å². The predicted octanol–water partition coefficient (Wildman–Crippen LogP) is 2.10. The summed E-state index contributed by atoms with van der Waals surface area (Å²) in [6.45, 7) is 0. The van der Waals surface area contributed by atoms with Crippen molar-refractivity contribution in [2.75, 3.05) is 24.3 Å². The van der Waals surface area contributed by atoms with E-state index in [-0.39, 0.29) is 17.4 Å². The second-order valence-electron chi connectivity index (χ2n) is 4.61. The van der Waals surface area contributed by atoms with E-state index in [9.17, 15) is 9.59 Å². The van der Waals surface area contributed by atoms with Gasteiger partial charge in [-0.3, -0.25) is 4.79 Å². The lowest BCUT2D eigenvalue weighted by Crippen LogP contribution is -2.15. The molecular formula is C15H15N3O3. The van der Waals surface area contributed by atoms with Gasteiger partial charge in [0.25, 0.3) is 5.91 Å². The second kappa shape index (κ2) is 6.04. The lowest BCUT2D eigenvalue weighted by atomic mass is 10.2. The third kappa shape index (κ3) is 3.56. The molecule has 1 amide bonds. The van der Waals surface area contributed by atoms with Gasteiger partial charge in [-0.05, 0) is 30.3 Å². The molecule has 0 aliphatic rings. The molecule has 21 heavy (non-hydrogen) atoms. The monoisotopic (exact) mass is 285 g/mol. The number of benzene rings is 1. The van der Waals surface area contributed by atoms with Crippen molar-refractivity contribution < 1.29 is 14.7 Å². The fourth-order valence-electron chi connectivity index (χ4n) is 1.74. The molecule has 0 unspecified atom stereocenters. The van der Waals surface area contributed by atoms with Crippen molar-refractivity contribution in [2.45, 2.75) is 0 Å². The molecule has 2 rings (SSSR count). The zero-order valence-corrected chi connectivity index (χ0v) is 11.7. The Morgan fingerprint density at radius 1 is 1.14 bits per heavy atom. The van der Waals surface area contributed by atoms with Crippen molar-refractivity contribution in [1.29, 1.82) is 0 Å². The van der Waals surface area contributed by atoms with Crippen LogP contribution in [0, 0.1) is 0 Å². The Balaban J connectivity index is 2.20. The number of carboxylic acids is 1. The highest BCUT2D eigenvalue weighted by molar-refractivity contribution is 6.04. The van der Waals surface area contributed by atoms with Crippen LogP contribution in [0.5, 0.6) is 0 Å². The molecule has 0 fully saturated rings. The van der Waals surface area contributed by atoms with Crippen LogP contribution in [0.25, 0.3) is 0 Å². The molecule has 1 heterocycles. The number of hydrogen-bond acceptors (Lipinski definition) is 4. The minimum Gasteiger partial charge on any atom is -0.477 e. The van der Waals surface area contributed by atoms with Gasteiger partial charge in [0.15, 0.2) is 5.69 Å². The normalized spacial score (nSPS) is 10.0. The SMILES string of the molecule is CN(C)c1cccc(C(=O)Nc2cccc(C(=O)O)n2)c1. The number of carbonyl (C=O) groups is 2. The molecule has 2 aromatic rings. The van der Waals surface area contributed by atoms with E-state index in [1.54, 1.807) is 24.3 Å². The molecule has 0 bridgehead atoms. The Hall–Kier alpha value is -2.89. The van der Waals surface area contributed by atoms with Gasteiger partial charge >= 0.3 is 5.97 Å². The topological polar surface area (TPSA) is 82.5 Å². The van der Waals surface area contributed by atoms with Crippen LogP contribution in [-0.4, -0.2) is 36.1 Å². The van der Waals surface area contributed by atoms with Gasteiger partial charge in [0.2, 0.25) is 0 Å². The standard InChI is InChI=1S/C15H15N3O3/c1-18(2)11-6-3-5-10(9-11)14(19)17-13-8-4-7-12(16-13)15(20)21/h3-9H,1-2H3,(H,20,21)(H,16,17,19). The maximum Gasteiger partial charge on any atom is 0.354 e. The first-order valence-electron chi connectivity index (χ1n) is 6.26. The molecule has 108 valence electrons. The second-order valence-corrected chi connectivity index (χ2v) is 4.61. The molecule has 0 radical (unpaired) electrons. The van der Waals surface area contributed by atoms with Gasteiger partial charge in [0, 0.05) is 25.3 Å². The number of amides is 1. The maximum atomic E-state index is 12.2. The van der Waals surface area contributed by atoms with Crippen LogP contribution in [0.1, 0.15) is 20.8 Å². The summed E-state index contributed by atoms with van der Waals surface area (Å²) in [5.74, 6) is -1.27. The molecule has 0 aliphatic heterocycles. The molecule has 1 aromatic heterocycles. The maximum absolute atomic E-state index is 12.2. The summed E-state index contributed by atoms with van der Waals surface area (Å²) in [4.78, 5) is 28.7. The highest BCUT2D eigenvalue weighted by atomic mass is 16.4. The quantitative estimate of drug-likeness (QED) is 0.899. The molecular weight excluding hydrogens is 270 g/mol. The summed E-state index contributed by atoms with van der Waals surface area (Å²) in [5.41, 5.74) is 1.26. The Bertz CT molecular complexity index is 683. The summed E-state index contributed by atoms with van der Waals surface area (Å²) in [6, 6.07) is 11.5. The van der Waals surface area contributed by atoms with Crippen LogP contribution in [0.4, 0.5) is 11.5 Å². The van der Waals surface area contributed by atoms with Crippen molar-refractivity contribution in [3.05, 3.63) is 53.7 Å². The average Bonchev–Trinajstić information content (AvgIpc) is 2.47. The summed E-state index contributed by atoms with van der Waals surface area (Å²) in [5, 5.41) is 11.5. The van der Waals surface area contributed by atoms with Crippen molar-refractivity contribution in [3.63, 3.8) is 0 Å². The van der Waals surface area contributed by atoms with Crippen molar-refractivity contribution in [1.82, 2.24) is 4.98 Å². The number of nitrogens with one attached hydrogen (secondary N) is 1. The van der Waals surface area contributed by atoms with Crippen LogP contribution in [-0.2, 0) is 0 Å². The number of anilines is 2. The number of aromatic carboxylic acids is 1. The molecule has 6 nitrogen and oxygen atoms in total. The molecule has 6 heteroatoms. The predicted molar refractivity (Wildman–Crippen MR) is 79.9 cm³/mol. The molecule has 0 spiro atoms. The Labute approximate surface area is 122 Å². The third-order valence-corrected chi connectivity index (χ3v) is 2.83. The van der Waals surface area contributed by atoms with E-state index in [0.717, 1.165) is 5.69 Å². The fourth-order valence-corrected chi connectivity index (χ4v) is 1.74. The number of aromatic nitrogens is 1. The number of carbonyl (C=O) groups excluding carboxylic acids is 1.